The van der Waals surface area contributed by atoms with Crippen LogP contribution < -0.4 is 10.6 Å². The standard InChI is InChI=1S/C16H14Cl2N2O2/c1-2-14(21)19-11-8-6-10(7-9-11)16(22)20-13-5-3-4-12(17)15(13)18/h3-9H,2H2,1H3,(H,19,21)(H,20,22). The molecule has 2 N–H and O–H groups in total. The van der Waals surface area contributed by atoms with Crippen LogP contribution in [0.3, 0.4) is 0 Å². The van der Waals surface area contributed by atoms with E-state index in [0.717, 1.165) is 0 Å². The molecule has 0 atom stereocenters. The molecule has 0 fully saturated rings. The SMILES string of the molecule is CCC(=O)Nc1ccc(C(=O)Nc2cccc(Cl)c2Cl)cc1. The first-order chi connectivity index (χ1) is 10.5. The Hall–Kier alpha value is -2.04. The van der Waals surface area contributed by atoms with E-state index in [9.17, 15) is 9.59 Å². The van der Waals surface area contributed by atoms with Crippen LogP contribution in [0, 0.1) is 0 Å². The molecule has 2 amide bonds. The van der Waals surface area contributed by atoms with E-state index in [1.807, 2.05) is 0 Å². The van der Waals surface area contributed by atoms with Crippen LogP contribution in [0.4, 0.5) is 11.4 Å². The molecule has 0 saturated carbocycles. The topological polar surface area (TPSA) is 58.2 Å². The molecule has 2 aromatic rings. The van der Waals surface area contributed by atoms with Crippen molar-refractivity contribution in [2.45, 2.75) is 13.3 Å². The Morgan fingerprint density at radius 3 is 2.32 bits per heavy atom. The van der Waals surface area contributed by atoms with Crippen molar-refractivity contribution in [3.05, 3.63) is 58.1 Å². The smallest absolute Gasteiger partial charge is 0.255 e. The summed E-state index contributed by atoms with van der Waals surface area (Å²) < 4.78 is 0. The largest absolute Gasteiger partial charge is 0.326 e. The number of hydrogen-bond donors (Lipinski definition) is 2. The summed E-state index contributed by atoms with van der Waals surface area (Å²) in [6.07, 6.45) is 0.398. The van der Waals surface area contributed by atoms with Gasteiger partial charge in [0.05, 0.1) is 15.7 Å². The predicted octanol–water partition coefficient (Wildman–Crippen LogP) is 4.59. The lowest BCUT2D eigenvalue weighted by molar-refractivity contribution is -0.115. The Labute approximate surface area is 138 Å². The number of carbonyl (C=O) groups excluding carboxylic acids is 2. The Kier molecular flexibility index (Phi) is 5.41. The van der Waals surface area contributed by atoms with Gasteiger partial charge in [-0.25, -0.2) is 0 Å². The highest BCUT2D eigenvalue weighted by molar-refractivity contribution is 6.44. The van der Waals surface area contributed by atoms with Gasteiger partial charge in [-0.1, -0.05) is 36.2 Å². The van der Waals surface area contributed by atoms with E-state index >= 15 is 0 Å². The Morgan fingerprint density at radius 1 is 1.00 bits per heavy atom. The molecule has 2 aromatic carbocycles. The molecule has 0 aliphatic carbocycles. The first kappa shape index (κ1) is 16.3. The van der Waals surface area contributed by atoms with Gasteiger partial charge < -0.3 is 10.6 Å². The lowest BCUT2D eigenvalue weighted by Gasteiger charge is -2.09. The summed E-state index contributed by atoms with van der Waals surface area (Å²) >= 11 is 11.9. The van der Waals surface area contributed by atoms with Gasteiger partial charge in [-0.2, -0.15) is 0 Å². The number of nitrogens with one attached hydrogen (secondary N) is 2. The number of benzene rings is 2. The van der Waals surface area contributed by atoms with Gasteiger partial charge in [0, 0.05) is 17.7 Å². The molecule has 0 heterocycles. The molecule has 0 aliphatic rings. The minimum Gasteiger partial charge on any atom is -0.326 e. The number of halogens is 2. The summed E-state index contributed by atoms with van der Waals surface area (Å²) in [5, 5.41) is 6.08. The molecule has 22 heavy (non-hydrogen) atoms. The lowest BCUT2D eigenvalue weighted by atomic mass is 10.2. The molecule has 0 aliphatic heterocycles. The molecule has 4 nitrogen and oxygen atoms in total. The third-order valence-corrected chi connectivity index (χ3v) is 3.77. The molecule has 0 unspecified atom stereocenters. The molecular formula is C16H14Cl2N2O2. The Bertz CT molecular complexity index is 700. The lowest BCUT2D eigenvalue weighted by Crippen LogP contribution is -2.13. The summed E-state index contributed by atoms with van der Waals surface area (Å²) in [5.41, 5.74) is 1.54. The van der Waals surface area contributed by atoms with E-state index in [1.54, 1.807) is 49.4 Å². The fraction of sp³-hybridized carbons (Fsp3) is 0.125. The number of anilines is 2. The molecule has 114 valence electrons. The van der Waals surface area contributed by atoms with Crippen LogP contribution in [-0.4, -0.2) is 11.8 Å². The summed E-state index contributed by atoms with van der Waals surface area (Å²) in [6, 6.07) is 11.6. The zero-order chi connectivity index (χ0) is 16.1. The van der Waals surface area contributed by atoms with Crippen LogP contribution in [0.25, 0.3) is 0 Å². The summed E-state index contributed by atoms with van der Waals surface area (Å²) in [5.74, 6) is -0.388. The predicted molar refractivity (Wildman–Crippen MR) is 89.8 cm³/mol. The second-order valence-corrected chi connectivity index (χ2v) is 5.32. The van der Waals surface area contributed by atoms with Crippen molar-refractivity contribution in [2.24, 2.45) is 0 Å². The molecule has 6 heteroatoms. The molecular weight excluding hydrogens is 323 g/mol. The van der Waals surface area contributed by atoms with Crippen molar-refractivity contribution in [1.29, 1.82) is 0 Å². The zero-order valence-corrected chi connectivity index (χ0v) is 13.3. The quantitative estimate of drug-likeness (QED) is 0.857. The van der Waals surface area contributed by atoms with Crippen molar-refractivity contribution < 1.29 is 9.59 Å². The van der Waals surface area contributed by atoms with Gasteiger partial charge in [0.2, 0.25) is 5.91 Å². The first-order valence-corrected chi connectivity index (χ1v) is 7.42. The highest BCUT2D eigenvalue weighted by Gasteiger charge is 2.10. The van der Waals surface area contributed by atoms with Crippen LogP contribution >= 0.6 is 23.2 Å². The molecule has 0 spiro atoms. The van der Waals surface area contributed by atoms with Gasteiger partial charge in [0.15, 0.2) is 0 Å². The minimum absolute atomic E-state index is 0.0806. The Morgan fingerprint density at radius 2 is 1.68 bits per heavy atom. The van der Waals surface area contributed by atoms with Crippen molar-refractivity contribution >= 4 is 46.4 Å². The van der Waals surface area contributed by atoms with E-state index in [2.05, 4.69) is 10.6 Å². The zero-order valence-electron chi connectivity index (χ0n) is 11.8. The molecule has 0 aromatic heterocycles. The maximum absolute atomic E-state index is 12.2. The summed E-state index contributed by atoms with van der Waals surface area (Å²) in [6.45, 7) is 1.77. The third-order valence-electron chi connectivity index (χ3n) is 2.95. The summed E-state index contributed by atoms with van der Waals surface area (Å²) in [4.78, 5) is 23.5. The first-order valence-electron chi connectivity index (χ1n) is 6.66. The van der Waals surface area contributed by atoms with E-state index < -0.39 is 0 Å². The number of hydrogen-bond acceptors (Lipinski definition) is 2. The van der Waals surface area contributed by atoms with E-state index in [4.69, 9.17) is 23.2 Å². The van der Waals surface area contributed by atoms with Gasteiger partial charge in [-0.3, -0.25) is 9.59 Å². The van der Waals surface area contributed by atoms with E-state index in [-0.39, 0.29) is 11.8 Å². The van der Waals surface area contributed by atoms with Gasteiger partial charge in [-0.05, 0) is 36.4 Å². The van der Waals surface area contributed by atoms with Gasteiger partial charge in [0.25, 0.3) is 5.91 Å². The number of rotatable bonds is 4. The van der Waals surface area contributed by atoms with Crippen molar-refractivity contribution in [2.75, 3.05) is 10.6 Å². The van der Waals surface area contributed by atoms with Gasteiger partial charge in [0.1, 0.15) is 0 Å². The molecule has 2 rings (SSSR count). The van der Waals surface area contributed by atoms with Gasteiger partial charge in [-0.15, -0.1) is 0 Å². The highest BCUT2D eigenvalue weighted by atomic mass is 35.5. The van der Waals surface area contributed by atoms with E-state index in [0.29, 0.717) is 33.4 Å². The van der Waals surface area contributed by atoms with Crippen molar-refractivity contribution in [1.82, 2.24) is 0 Å². The fourth-order valence-electron chi connectivity index (χ4n) is 1.75. The monoisotopic (exact) mass is 336 g/mol. The Balaban J connectivity index is 2.10. The second-order valence-electron chi connectivity index (χ2n) is 4.53. The molecule has 0 saturated heterocycles. The van der Waals surface area contributed by atoms with Crippen molar-refractivity contribution in [3.63, 3.8) is 0 Å². The normalized spacial score (nSPS) is 10.1. The molecule has 0 radical (unpaired) electrons. The van der Waals surface area contributed by atoms with Gasteiger partial charge >= 0.3 is 0 Å². The van der Waals surface area contributed by atoms with Crippen LogP contribution in [0.5, 0.6) is 0 Å². The van der Waals surface area contributed by atoms with E-state index in [1.165, 1.54) is 0 Å². The maximum atomic E-state index is 12.2. The van der Waals surface area contributed by atoms with Crippen LogP contribution in [0.2, 0.25) is 10.0 Å². The van der Waals surface area contributed by atoms with Crippen LogP contribution in [-0.2, 0) is 4.79 Å². The highest BCUT2D eigenvalue weighted by Crippen LogP contribution is 2.29. The fourth-order valence-corrected chi connectivity index (χ4v) is 2.10. The minimum atomic E-state index is -0.308. The maximum Gasteiger partial charge on any atom is 0.255 e. The third kappa shape index (κ3) is 4.00. The second kappa shape index (κ2) is 7.29. The number of carbonyl (C=O) groups is 2. The average Bonchev–Trinajstić information content (AvgIpc) is 2.52. The molecule has 0 bridgehead atoms. The summed E-state index contributed by atoms with van der Waals surface area (Å²) in [7, 11) is 0. The van der Waals surface area contributed by atoms with Crippen LogP contribution in [0.1, 0.15) is 23.7 Å². The average molecular weight is 337 g/mol. The van der Waals surface area contributed by atoms with Crippen LogP contribution in [0.15, 0.2) is 42.5 Å². The number of amides is 2. The van der Waals surface area contributed by atoms with Crippen molar-refractivity contribution in [3.8, 4) is 0 Å².